The Morgan fingerprint density at radius 3 is 1.35 bits per heavy atom. The molecule has 46 heavy (non-hydrogen) atoms. The van der Waals surface area contributed by atoms with Crippen LogP contribution in [-0.2, 0) is 47.3 Å². The Morgan fingerprint density at radius 2 is 0.957 bits per heavy atom. The molecule has 0 amide bonds. The largest absolute Gasteiger partial charge is 1.00 e. The zero-order valence-corrected chi connectivity index (χ0v) is 32.3. The number of thiazole rings is 1. The Hall–Kier alpha value is -2.42. The van der Waals surface area contributed by atoms with Crippen molar-refractivity contribution in [3.63, 3.8) is 0 Å². The highest BCUT2D eigenvalue weighted by molar-refractivity contribution is 7.09. The SMILES string of the molecule is CC(C)(C)c1cc(Cc2cccc(Cc3cc(C(C)(C)C)cc(C(C)(C)C)c3)c2-[n+]2csc3c2CCCC3)cc(C(C)(C)C)c1.[Cl-]. The average Bonchev–Trinajstić information content (AvgIpc) is 3.35. The van der Waals surface area contributed by atoms with Gasteiger partial charge in [0.15, 0.2) is 0 Å². The van der Waals surface area contributed by atoms with Crippen molar-refractivity contribution in [1.82, 2.24) is 0 Å². The van der Waals surface area contributed by atoms with Crippen LogP contribution in [0.3, 0.4) is 0 Å². The first-order chi connectivity index (χ1) is 20.8. The van der Waals surface area contributed by atoms with Crippen LogP contribution in [0.25, 0.3) is 5.69 Å². The van der Waals surface area contributed by atoms with Crippen molar-refractivity contribution in [1.29, 1.82) is 0 Å². The smallest absolute Gasteiger partial charge is 0.231 e. The van der Waals surface area contributed by atoms with Crippen molar-refractivity contribution in [2.75, 3.05) is 0 Å². The predicted octanol–water partition coefficient (Wildman–Crippen LogP) is 8.28. The lowest BCUT2D eigenvalue weighted by atomic mass is 9.78. The fourth-order valence-corrected chi connectivity index (χ4v) is 7.67. The summed E-state index contributed by atoms with van der Waals surface area (Å²) in [4.78, 5) is 1.58. The molecule has 0 saturated carbocycles. The van der Waals surface area contributed by atoms with Crippen LogP contribution in [0.15, 0.2) is 60.1 Å². The van der Waals surface area contributed by atoms with Gasteiger partial charge in [-0.1, -0.05) is 149 Å². The lowest BCUT2D eigenvalue weighted by Gasteiger charge is -2.26. The predicted molar refractivity (Wildman–Crippen MR) is 196 cm³/mol. The van der Waals surface area contributed by atoms with Crippen molar-refractivity contribution in [3.05, 3.63) is 115 Å². The van der Waals surface area contributed by atoms with Gasteiger partial charge in [0, 0.05) is 30.4 Å². The molecule has 3 aromatic carbocycles. The van der Waals surface area contributed by atoms with Gasteiger partial charge in [0.05, 0.1) is 4.88 Å². The maximum atomic E-state index is 2.60. The van der Waals surface area contributed by atoms with E-state index in [1.165, 1.54) is 81.6 Å². The normalized spacial score (nSPS) is 14.2. The van der Waals surface area contributed by atoms with Crippen LogP contribution in [0.5, 0.6) is 0 Å². The van der Waals surface area contributed by atoms with Gasteiger partial charge >= 0.3 is 0 Å². The third-order valence-electron chi connectivity index (χ3n) is 9.66. The molecule has 0 fully saturated rings. The maximum Gasteiger partial charge on any atom is 0.231 e. The molecule has 1 aliphatic carbocycles. The molecule has 1 heterocycles. The third-order valence-corrected chi connectivity index (χ3v) is 10.7. The summed E-state index contributed by atoms with van der Waals surface area (Å²) < 4.78 is 2.60. The number of rotatable bonds is 5. The van der Waals surface area contributed by atoms with Gasteiger partial charge in [0.2, 0.25) is 16.9 Å². The fraction of sp³-hybridized carbons (Fsp3) is 0.512. The molecule has 0 spiro atoms. The molecule has 3 heteroatoms. The highest BCUT2D eigenvalue weighted by Crippen LogP contribution is 2.35. The Bertz CT molecular complexity index is 1520. The number of aryl methyl sites for hydroxylation is 1. The highest BCUT2D eigenvalue weighted by atomic mass is 35.5. The van der Waals surface area contributed by atoms with E-state index in [1.54, 1.807) is 4.88 Å². The number of para-hydroxylation sites is 1. The van der Waals surface area contributed by atoms with Crippen molar-refractivity contribution < 1.29 is 17.0 Å². The quantitative estimate of drug-likeness (QED) is 0.191. The maximum absolute atomic E-state index is 2.60. The van der Waals surface area contributed by atoms with Crippen LogP contribution < -0.4 is 17.0 Å². The van der Waals surface area contributed by atoms with E-state index in [-0.39, 0.29) is 34.1 Å². The molecule has 0 aliphatic heterocycles. The monoisotopic (exact) mass is 655 g/mol. The van der Waals surface area contributed by atoms with Gasteiger partial charge in [-0.25, -0.2) is 0 Å². The van der Waals surface area contributed by atoms with Gasteiger partial charge in [-0.05, 0) is 74.3 Å². The molecule has 4 aromatic rings. The number of halogens is 1. The standard InChI is InChI=1S/C43H58NS.ClH/c1-40(2,3)33-22-29(23-34(26-33)41(4,5)6)20-31-16-15-17-32(39(31)44-28-45-38-19-14-13-18-37(38)44)21-30-24-35(42(7,8)9)27-36(25-30)43(10,11)12;/h15-17,22-28H,13-14,18-21H2,1-12H3;1H/q+1;/p-1. The zero-order valence-electron chi connectivity index (χ0n) is 30.7. The first-order valence-electron chi connectivity index (χ1n) is 17.2. The number of hydrogen-bond donors (Lipinski definition) is 0. The first-order valence-corrected chi connectivity index (χ1v) is 18.1. The van der Waals surface area contributed by atoms with Gasteiger partial charge in [-0.2, -0.15) is 4.57 Å². The molecule has 0 atom stereocenters. The fourth-order valence-electron chi connectivity index (χ4n) is 6.61. The molecular weight excluding hydrogens is 598 g/mol. The van der Waals surface area contributed by atoms with E-state index < -0.39 is 0 Å². The summed E-state index contributed by atoms with van der Waals surface area (Å²) in [7, 11) is 0. The van der Waals surface area contributed by atoms with E-state index in [2.05, 4.69) is 148 Å². The summed E-state index contributed by atoms with van der Waals surface area (Å²) >= 11 is 1.96. The second-order valence-corrected chi connectivity index (χ2v) is 18.7. The van der Waals surface area contributed by atoms with Gasteiger partial charge in [0.1, 0.15) is 0 Å². The molecule has 248 valence electrons. The van der Waals surface area contributed by atoms with E-state index in [0.717, 1.165) is 12.8 Å². The lowest BCUT2D eigenvalue weighted by molar-refractivity contribution is -0.600. The molecule has 0 saturated heterocycles. The Morgan fingerprint density at radius 1 is 0.565 bits per heavy atom. The van der Waals surface area contributed by atoms with Crippen LogP contribution in [0, 0.1) is 0 Å². The molecule has 0 unspecified atom stereocenters. The zero-order chi connectivity index (χ0) is 32.9. The number of hydrogen-bond acceptors (Lipinski definition) is 1. The van der Waals surface area contributed by atoms with E-state index in [1.807, 2.05) is 11.3 Å². The molecule has 0 bridgehead atoms. The van der Waals surface area contributed by atoms with Gasteiger partial charge < -0.3 is 12.4 Å². The van der Waals surface area contributed by atoms with Crippen molar-refractivity contribution >= 4 is 11.3 Å². The van der Waals surface area contributed by atoms with Gasteiger partial charge in [-0.15, -0.1) is 0 Å². The van der Waals surface area contributed by atoms with Gasteiger partial charge in [-0.3, -0.25) is 0 Å². The Labute approximate surface area is 291 Å². The summed E-state index contributed by atoms with van der Waals surface area (Å²) in [5.41, 5.74) is 17.2. The average molecular weight is 656 g/mol. The minimum absolute atomic E-state index is 0. The molecular formula is C43H58ClNS. The van der Waals surface area contributed by atoms with E-state index >= 15 is 0 Å². The van der Waals surface area contributed by atoms with Crippen LogP contribution in [0.1, 0.15) is 151 Å². The third kappa shape index (κ3) is 8.16. The number of aromatic nitrogens is 1. The molecule has 1 aliphatic rings. The van der Waals surface area contributed by atoms with Gasteiger partial charge in [0.25, 0.3) is 0 Å². The minimum Gasteiger partial charge on any atom is -1.00 e. The molecule has 0 radical (unpaired) electrons. The number of benzene rings is 3. The highest BCUT2D eigenvalue weighted by Gasteiger charge is 2.30. The van der Waals surface area contributed by atoms with E-state index in [0.29, 0.717) is 0 Å². The molecule has 1 nitrogen and oxygen atoms in total. The van der Waals surface area contributed by atoms with Crippen LogP contribution >= 0.6 is 11.3 Å². The van der Waals surface area contributed by atoms with E-state index in [9.17, 15) is 0 Å². The van der Waals surface area contributed by atoms with Crippen molar-refractivity contribution in [2.24, 2.45) is 0 Å². The molecule has 5 rings (SSSR count). The number of fused-ring (bicyclic) bond motifs is 1. The number of nitrogens with zero attached hydrogens (tertiary/aromatic N) is 1. The first kappa shape index (κ1) is 36.4. The Balaban J connectivity index is 0.00000480. The summed E-state index contributed by atoms with van der Waals surface area (Å²) in [6.07, 6.45) is 6.86. The second-order valence-electron chi connectivity index (χ2n) is 17.8. The Kier molecular flexibility index (Phi) is 10.5. The van der Waals surface area contributed by atoms with Crippen LogP contribution in [-0.4, -0.2) is 0 Å². The summed E-state index contributed by atoms with van der Waals surface area (Å²) in [5.74, 6) is 0. The minimum atomic E-state index is 0. The van der Waals surface area contributed by atoms with Crippen LogP contribution in [0.2, 0.25) is 0 Å². The molecule has 1 aromatic heterocycles. The van der Waals surface area contributed by atoms with Crippen LogP contribution in [0.4, 0.5) is 0 Å². The van der Waals surface area contributed by atoms with Crippen molar-refractivity contribution in [3.8, 4) is 5.69 Å². The molecule has 0 N–H and O–H groups in total. The topological polar surface area (TPSA) is 3.88 Å². The summed E-state index contributed by atoms with van der Waals surface area (Å²) in [5, 5.41) is 0. The van der Waals surface area contributed by atoms with E-state index in [4.69, 9.17) is 0 Å². The summed E-state index contributed by atoms with van der Waals surface area (Å²) in [6.45, 7) is 28.1. The van der Waals surface area contributed by atoms with Crippen molar-refractivity contribution in [2.45, 2.75) is 143 Å². The second kappa shape index (κ2) is 13.2. The summed E-state index contributed by atoms with van der Waals surface area (Å²) in [6, 6.07) is 21.9. The lowest BCUT2D eigenvalue weighted by Crippen LogP contribution is -3.00.